The number of hydrogen-bond acceptors (Lipinski definition) is 4. The van der Waals surface area contributed by atoms with Crippen LogP contribution in [-0.4, -0.2) is 38.8 Å². The number of benzene rings is 1. The van der Waals surface area contributed by atoms with Gasteiger partial charge in [0.15, 0.2) is 0 Å². The molecule has 0 radical (unpaired) electrons. The number of ether oxygens (including phenoxy) is 2. The fraction of sp³-hybridized carbons (Fsp3) is 0.500. The summed E-state index contributed by atoms with van der Waals surface area (Å²) in [5.74, 6) is 0.438. The smallest absolute Gasteiger partial charge is 0.255 e. The fourth-order valence-electron chi connectivity index (χ4n) is 1.53. The Balaban J connectivity index is 2.54. The molecule has 0 atom stereocenters. The molecule has 0 aromatic heterocycles. The van der Waals surface area contributed by atoms with Crippen LogP contribution >= 0.6 is 0 Å². The highest BCUT2D eigenvalue weighted by Gasteiger charge is 2.11. The maximum Gasteiger partial charge on any atom is 0.255 e. The lowest BCUT2D eigenvalue weighted by Crippen LogP contribution is -2.26. The van der Waals surface area contributed by atoms with E-state index >= 15 is 0 Å². The summed E-state index contributed by atoms with van der Waals surface area (Å²) in [5, 5.41) is 2.81. The maximum absolute atomic E-state index is 12.0. The van der Waals surface area contributed by atoms with Gasteiger partial charge in [0, 0.05) is 13.2 Å². The predicted octanol–water partition coefficient (Wildman–Crippen LogP) is 1.18. The largest absolute Gasteiger partial charge is 0.490 e. The average Bonchev–Trinajstić information content (AvgIpc) is 2.44. The van der Waals surface area contributed by atoms with Gasteiger partial charge in [0.25, 0.3) is 5.91 Å². The highest BCUT2D eigenvalue weighted by molar-refractivity contribution is 5.96. The van der Waals surface area contributed by atoms with Gasteiger partial charge < -0.3 is 20.5 Å². The zero-order valence-corrected chi connectivity index (χ0v) is 11.4. The number of nitrogens with two attached hydrogens (primary N) is 1. The van der Waals surface area contributed by atoms with Crippen molar-refractivity contribution >= 4 is 5.91 Å². The molecule has 19 heavy (non-hydrogen) atoms. The quantitative estimate of drug-likeness (QED) is 0.658. The lowest BCUT2D eigenvalue weighted by Gasteiger charge is -2.11. The molecule has 0 aliphatic rings. The van der Waals surface area contributed by atoms with Gasteiger partial charge >= 0.3 is 0 Å². The molecule has 0 fully saturated rings. The van der Waals surface area contributed by atoms with Crippen molar-refractivity contribution in [1.82, 2.24) is 5.32 Å². The van der Waals surface area contributed by atoms with Crippen LogP contribution in [0.2, 0.25) is 0 Å². The van der Waals surface area contributed by atoms with E-state index in [1.807, 2.05) is 19.1 Å². The van der Waals surface area contributed by atoms with Crippen molar-refractivity contribution in [2.75, 3.05) is 32.9 Å². The Morgan fingerprint density at radius 2 is 2.11 bits per heavy atom. The molecule has 0 aliphatic heterocycles. The molecule has 0 saturated heterocycles. The Hall–Kier alpha value is -1.59. The van der Waals surface area contributed by atoms with E-state index in [1.54, 1.807) is 12.1 Å². The van der Waals surface area contributed by atoms with Crippen LogP contribution in [0.15, 0.2) is 24.3 Å². The zero-order chi connectivity index (χ0) is 13.9. The van der Waals surface area contributed by atoms with Crippen LogP contribution in [0.5, 0.6) is 5.75 Å². The van der Waals surface area contributed by atoms with E-state index in [1.165, 1.54) is 0 Å². The molecule has 0 heterocycles. The first-order valence-electron chi connectivity index (χ1n) is 6.57. The lowest BCUT2D eigenvalue weighted by molar-refractivity contribution is 0.0936. The van der Waals surface area contributed by atoms with Crippen molar-refractivity contribution in [3.8, 4) is 5.75 Å². The first-order valence-corrected chi connectivity index (χ1v) is 6.57. The zero-order valence-electron chi connectivity index (χ0n) is 11.4. The third kappa shape index (κ3) is 5.72. The van der Waals surface area contributed by atoms with E-state index in [-0.39, 0.29) is 5.91 Å². The topological polar surface area (TPSA) is 73.6 Å². The van der Waals surface area contributed by atoms with E-state index in [0.717, 1.165) is 6.42 Å². The van der Waals surface area contributed by atoms with Crippen LogP contribution in [0.25, 0.3) is 0 Å². The Kier molecular flexibility index (Phi) is 7.62. The maximum atomic E-state index is 12.0. The lowest BCUT2D eigenvalue weighted by atomic mass is 10.2. The van der Waals surface area contributed by atoms with Gasteiger partial charge in [-0.25, -0.2) is 0 Å². The average molecular weight is 266 g/mol. The molecule has 0 unspecified atom stereocenters. The van der Waals surface area contributed by atoms with E-state index < -0.39 is 0 Å². The number of para-hydroxylation sites is 1. The molecular weight excluding hydrogens is 244 g/mol. The van der Waals surface area contributed by atoms with Crippen molar-refractivity contribution in [2.45, 2.75) is 13.3 Å². The normalized spacial score (nSPS) is 10.2. The summed E-state index contributed by atoms with van der Waals surface area (Å²) in [7, 11) is 0. The van der Waals surface area contributed by atoms with Crippen molar-refractivity contribution in [3.63, 3.8) is 0 Å². The molecule has 5 nitrogen and oxygen atoms in total. The molecule has 106 valence electrons. The molecule has 0 saturated carbocycles. The second kappa shape index (κ2) is 9.35. The minimum absolute atomic E-state index is 0.138. The van der Waals surface area contributed by atoms with Crippen molar-refractivity contribution < 1.29 is 14.3 Å². The number of rotatable bonds is 9. The first kappa shape index (κ1) is 15.5. The minimum Gasteiger partial charge on any atom is -0.490 e. The van der Waals surface area contributed by atoms with Gasteiger partial charge in [-0.05, 0) is 32.0 Å². The monoisotopic (exact) mass is 266 g/mol. The van der Waals surface area contributed by atoms with Gasteiger partial charge in [0.2, 0.25) is 0 Å². The molecule has 1 aromatic rings. The van der Waals surface area contributed by atoms with Crippen molar-refractivity contribution in [2.24, 2.45) is 5.73 Å². The second-order valence-corrected chi connectivity index (χ2v) is 3.94. The van der Waals surface area contributed by atoms with Crippen LogP contribution in [0.1, 0.15) is 23.7 Å². The Morgan fingerprint density at radius 1 is 1.32 bits per heavy atom. The van der Waals surface area contributed by atoms with Crippen LogP contribution in [-0.2, 0) is 4.74 Å². The van der Waals surface area contributed by atoms with Gasteiger partial charge in [0.1, 0.15) is 12.4 Å². The summed E-state index contributed by atoms with van der Waals surface area (Å²) < 4.78 is 10.8. The molecule has 5 heteroatoms. The first-order chi connectivity index (χ1) is 9.29. The van der Waals surface area contributed by atoms with Gasteiger partial charge in [-0.1, -0.05) is 12.1 Å². The Morgan fingerprint density at radius 3 is 2.84 bits per heavy atom. The van der Waals surface area contributed by atoms with Gasteiger partial charge in [-0.15, -0.1) is 0 Å². The molecule has 0 spiro atoms. The van der Waals surface area contributed by atoms with Crippen molar-refractivity contribution in [1.29, 1.82) is 0 Å². The highest BCUT2D eigenvalue weighted by atomic mass is 16.5. The Bertz CT molecular complexity index is 383. The summed E-state index contributed by atoms with van der Waals surface area (Å²) in [4.78, 5) is 12.0. The van der Waals surface area contributed by atoms with E-state index in [9.17, 15) is 4.79 Å². The summed E-state index contributed by atoms with van der Waals surface area (Å²) in [6.07, 6.45) is 0.763. The summed E-state index contributed by atoms with van der Waals surface area (Å²) >= 11 is 0. The molecule has 3 N–H and O–H groups in total. The van der Waals surface area contributed by atoms with Gasteiger partial charge in [-0.2, -0.15) is 0 Å². The van der Waals surface area contributed by atoms with Crippen LogP contribution < -0.4 is 15.8 Å². The van der Waals surface area contributed by atoms with Gasteiger partial charge in [0.05, 0.1) is 12.2 Å². The number of carbonyl (C=O) groups excluding carboxylic acids is 1. The van der Waals surface area contributed by atoms with E-state index in [2.05, 4.69) is 5.32 Å². The predicted molar refractivity (Wildman–Crippen MR) is 74.4 cm³/mol. The minimum atomic E-state index is -0.138. The van der Waals surface area contributed by atoms with Crippen LogP contribution in [0.4, 0.5) is 0 Å². The molecular formula is C14H22N2O3. The number of hydrogen-bond donors (Lipinski definition) is 2. The van der Waals surface area contributed by atoms with Gasteiger partial charge in [-0.3, -0.25) is 4.79 Å². The summed E-state index contributed by atoms with van der Waals surface area (Å²) in [5.41, 5.74) is 5.93. The fourth-order valence-corrected chi connectivity index (χ4v) is 1.53. The Labute approximate surface area is 114 Å². The van der Waals surface area contributed by atoms with E-state index in [4.69, 9.17) is 15.2 Å². The molecule has 1 amide bonds. The third-order valence-corrected chi connectivity index (χ3v) is 2.49. The number of nitrogens with one attached hydrogen (secondary N) is 1. The molecule has 1 rings (SSSR count). The number of amides is 1. The third-order valence-electron chi connectivity index (χ3n) is 2.49. The summed E-state index contributed by atoms with van der Waals surface area (Å²) in [6.45, 7) is 4.67. The highest BCUT2D eigenvalue weighted by Crippen LogP contribution is 2.17. The van der Waals surface area contributed by atoms with Crippen molar-refractivity contribution in [3.05, 3.63) is 29.8 Å². The van der Waals surface area contributed by atoms with E-state index in [0.29, 0.717) is 44.2 Å². The SMILES string of the molecule is CCOCCOc1ccccc1C(=O)NCCCN. The summed E-state index contributed by atoms with van der Waals surface area (Å²) in [6, 6.07) is 7.18. The number of carbonyl (C=O) groups is 1. The van der Waals surface area contributed by atoms with Crippen LogP contribution in [0.3, 0.4) is 0 Å². The van der Waals surface area contributed by atoms with Crippen LogP contribution in [0, 0.1) is 0 Å². The molecule has 0 bridgehead atoms. The molecule has 1 aromatic carbocycles. The standard InChI is InChI=1S/C14H22N2O3/c1-2-18-10-11-19-13-7-4-3-6-12(13)14(17)16-9-5-8-15/h3-4,6-7H,2,5,8-11,15H2,1H3,(H,16,17). The molecule has 0 aliphatic carbocycles. The second-order valence-electron chi connectivity index (χ2n) is 3.94.